The van der Waals surface area contributed by atoms with Crippen molar-refractivity contribution in [1.29, 1.82) is 0 Å². The number of aromatic hydroxyl groups is 1. The van der Waals surface area contributed by atoms with Crippen LogP contribution in [0.25, 0.3) is 10.9 Å². The van der Waals surface area contributed by atoms with Gasteiger partial charge in [-0.1, -0.05) is 12.1 Å². The molecule has 0 radical (unpaired) electrons. The van der Waals surface area contributed by atoms with Crippen molar-refractivity contribution in [2.24, 2.45) is 0 Å². The summed E-state index contributed by atoms with van der Waals surface area (Å²) < 4.78 is 5.11. The van der Waals surface area contributed by atoms with Gasteiger partial charge in [-0.15, -0.1) is 0 Å². The van der Waals surface area contributed by atoms with E-state index in [-0.39, 0.29) is 23.5 Å². The molecule has 25 heavy (non-hydrogen) atoms. The third-order valence-corrected chi connectivity index (χ3v) is 3.92. The Morgan fingerprint density at radius 3 is 2.68 bits per heavy atom. The van der Waals surface area contributed by atoms with E-state index in [1.54, 1.807) is 19.2 Å². The molecule has 3 aromatic rings. The number of hydrogen-bond acceptors (Lipinski definition) is 6. The highest BCUT2D eigenvalue weighted by Gasteiger charge is 2.19. The molecule has 0 saturated heterocycles. The SMILES string of the molecule is COc1ccc(CNCc2cc([N+](=O)[O-])c3cccnc3c2O)cc1. The van der Waals surface area contributed by atoms with Crippen molar-refractivity contribution in [2.75, 3.05) is 7.11 Å². The van der Waals surface area contributed by atoms with E-state index in [0.717, 1.165) is 11.3 Å². The fraction of sp³-hybridized carbons (Fsp3) is 0.167. The molecule has 128 valence electrons. The van der Waals surface area contributed by atoms with Crippen LogP contribution in [0.2, 0.25) is 0 Å². The van der Waals surface area contributed by atoms with Crippen LogP contribution in [-0.2, 0) is 13.1 Å². The number of nitro groups is 1. The van der Waals surface area contributed by atoms with E-state index in [1.165, 1.54) is 12.3 Å². The second-order valence-electron chi connectivity index (χ2n) is 5.51. The minimum atomic E-state index is -0.462. The van der Waals surface area contributed by atoms with Gasteiger partial charge in [-0.25, -0.2) is 0 Å². The molecule has 0 fully saturated rings. The predicted octanol–water partition coefficient (Wildman–Crippen LogP) is 3.15. The summed E-state index contributed by atoms with van der Waals surface area (Å²) in [4.78, 5) is 14.9. The molecular formula is C18H17N3O4. The molecule has 0 aliphatic carbocycles. The molecule has 2 N–H and O–H groups in total. The Hall–Kier alpha value is -3.19. The van der Waals surface area contributed by atoms with Gasteiger partial charge >= 0.3 is 0 Å². The number of methoxy groups -OCH3 is 1. The van der Waals surface area contributed by atoms with E-state index < -0.39 is 4.92 Å². The summed E-state index contributed by atoms with van der Waals surface area (Å²) in [5.74, 6) is 0.737. The van der Waals surface area contributed by atoms with Gasteiger partial charge < -0.3 is 15.2 Å². The Morgan fingerprint density at radius 2 is 2.00 bits per heavy atom. The van der Waals surface area contributed by atoms with E-state index >= 15 is 0 Å². The van der Waals surface area contributed by atoms with Crippen LogP contribution in [0.15, 0.2) is 48.7 Å². The lowest BCUT2D eigenvalue weighted by Gasteiger charge is -2.10. The standard InChI is InChI=1S/C18H17N3O4/c1-25-14-6-4-12(5-7-14)10-19-11-13-9-16(21(23)24)15-3-2-8-20-17(15)18(13)22/h2-9,19,22H,10-11H2,1H3. The largest absolute Gasteiger partial charge is 0.505 e. The van der Waals surface area contributed by atoms with Crippen molar-refractivity contribution in [3.8, 4) is 11.5 Å². The van der Waals surface area contributed by atoms with Gasteiger partial charge in [0.1, 0.15) is 17.0 Å². The number of rotatable bonds is 6. The first-order valence-corrected chi connectivity index (χ1v) is 7.67. The first-order valence-electron chi connectivity index (χ1n) is 7.67. The summed E-state index contributed by atoms with van der Waals surface area (Å²) >= 11 is 0. The maximum atomic E-state index is 11.3. The molecule has 0 amide bonds. The lowest BCUT2D eigenvalue weighted by Crippen LogP contribution is -2.13. The molecule has 2 aromatic carbocycles. The number of pyridine rings is 1. The molecule has 3 rings (SSSR count). The highest BCUT2D eigenvalue weighted by molar-refractivity contribution is 5.93. The van der Waals surface area contributed by atoms with Crippen LogP contribution in [0.4, 0.5) is 5.69 Å². The zero-order valence-corrected chi connectivity index (χ0v) is 13.6. The number of phenolic OH excluding ortho intramolecular Hbond substituents is 1. The van der Waals surface area contributed by atoms with E-state index in [1.807, 2.05) is 24.3 Å². The number of non-ortho nitro benzene ring substituents is 1. The average molecular weight is 339 g/mol. The summed E-state index contributed by atoms with van der Waals surface area (Å²) in [5, 5.41) is 25.2. The minimum Gasteiger partial charge on any atom is -0.505 e. The number of phenols is 1. The number of ether oxygens (including phenoxy) is 1. The zero-order chi connectivity index (χ0) is 17.8. The van der Waals surface area contributed by atoms with Gasteiger partial charge in [0.25, 0.3) is 5.69 Å². The van der Waals surface area contributed by atoms with Crippen LogP contribution in [0.1, 0.15) is 11.1 Å². The number of nitro benzene ring substituents is 1. The summed E-state index contributed by atoms with van der Waals surface area (Å²) in [5.41, 5.74) is 1.64. The Morgan fingerprint density at radius 1 is 1.24 bits per heavy atom. The fourth-order valence-corrected chi connectivity index (χ4v) is 2.63. The molecule has 7 nitrogen and oxygen atoms in total. The minimum absolute atomic E-state index is 0.0385. The molecule has 7 heteroatoms. The Balaban J connectivity index is 1.81. The Bertz CT molecular complexity index is 910. The maximum Gasteiger partial charge on any atom is 0.279 e. The third kappa shape index (κ3) is 3.51. The van der Waals surface area contributed by atoms with Crippen LogP contribution < -0.4 is 10.1 Å². The predicted molar refractivity (Wildman–Crippen MR) is 93.6 cm³/mol. The zero-order valence-electron chi connectivity index (χ0n) is 13.6. The number of hydrogen-bond donors (Lipinski definition) is 2. The normalized spacial score (nSPS) is 10.8. The number of benzene rings is 2. The van der Waals surface area contributed by atoms with Gasteiger partial charge in [-0.3, -0.25) is 15.1 Å². The smallest absolute Gasteiger partial charge is 0.279 e. The van der Waals surface area contributed by atoms with Crippen molar-refractivity contribution in [3.63, 3.8) is 0 Å². The molecule has 0 saturated carbocycles. The van der Waals surface area contributed by atoms with Crippen molar-refractivity contribution >= 4 is 16.6 Å². The van der Waals surface area contributed by atoms with Gasteiger partial charge in [0, 0.05) is 30.9 Å². The van der Waals surface area contributed by atoms with Crippen LogP contribution in [0.3, 0.4) is 0 Å². The number of fused-ring (bicyclic) bond motifs is 1. The van der Waals surface area contributed by atoms with E-state index in [0.29, 0.717) is 17.5 Å². The number of nitrogens with zero attached hydrogens (tertiary/aromatic N) is 2. The summed E-state index contributed by atoms with van der Waals surface area (Å²) in [6.07, 6.45) is 1.50. The molecule has 0 aliphatic heterocycles. The summed E-state index contributed by atoms with van der Waals surface area (Å²) in [6.45, 7) is 0.836. The topological polar surface area (TPSA) is 97.5 Å². The van der Waals surface area contributed by atoms with E-state index in [2.05, 4.69) is 10.3 Å². The van der Waals surface area contributed by atoms with Gasteiger partial charge in [0.05, 0.1) is 17.4 Å². The van der Waals surface area contributed by atoms with Gasteiger partial charge in [0.15, 0.2) is 0 Å². The molecule has 0 bridgehead atoms. The third-order valence-electron chi connectivity index (χ3n) is 3.92. The molecule has 0 unspecified atom stereocenters. The molecule has 1 heterocycles. The monoisotopic (exact) mass is 339 g/mol. The molecule has 0 spiro atoms. The van der Waals surface area contributed by atoms with Crippen LogP contribution in [0, 0.1) is 10.1 Å². The van der Waals surface area contributed by atoms with Crippen LogP contribution in [0.5, 0.6) is 11.5 Å². The van der Waals surface area contributed by atoms with Crippen LogP contribution >= 0.6 is 0 Å². The maximum absolute atomic E-state index is 11.3. The molecular weight excluding hydrogens is 322 g/mol. The van der Waals surface area contributed by atoms with Gasteiger partial charge in [-0.2, -0.15) is 0 Å². The fourth-order valence-electron chi connectivity index (χ4n) is 2.63. The number of nitrogens with one attached hydrogen (secondary N) is 1. The molecule has 0 aliphatic rings. The summed E-state index contributed by atoms with van der Waals surface area (Å²) in [7, 11) is 1.61. The quantitative estimate of drug-likeness (QED) is 0.529. The summed E-state index contributed by atoms with van der Waals surface area (Å²) in [6, 6.07) is 12.1. The second-order valence-corrected chi connectivity index (χ2v) is 5.51. The highest BCUT2D eigenvalue weighted by Crippen LogP contribution is 2.34. The van der Waals surface area contributed by atoms with Crippen molar-refractivity contribution in [2.45, 2.75) is 13.1 Å². The van der Waals surface area contributed by atoms with E-state index in [4.69, 9.17) is 4.74 Å². The first-order chi connectivity index (χ1) is 12.1. The Kier molecular flexibility index (Phi) is 4.76. The second kappa shape index (κ2) is 7.14. The highest BCUT2D eigenvalue weighted by atomic mass is 16.6. The van der Waals surface area contributed by atoms with Crippen LogP contribution in [-0.4, -0.2) is 22.1 Å². The van der Waals surface area contributed by atoms with Crippen molar-refractivity contribution in [1.82, 2.24) is 10.3 Å². The van der Waals surface area contributed by atoms with Gasteiger partial charge in [-0.05, 0) is 29.8 Å². The van der Waals surface area contributed by atoms with Crippen molar-refractivity contribution < 1.29 is 14.8 Å². The van der Waals surface area contributed by atoms with E-state index in [9.17, 15) is 15.2 Å². The lowest BCUT2D eigenvalue weighted by molar-refractivity contribution is -0.383. The van der Waals surface area contributed by atoms with Crippen molar-refractivity contribution in [3.05, 3.63) is 69.9 Å². The lowest BCUT2D eigenvalue weighted by atomic mass is 10.1. The molecule has 0 atom stereocenters. The first kappa shape index (κ1) is 16.7. The number of aromatic nitrogens is 1. The average Bonchev–Trinajstić information content (AvgIpc) is 2.64. The molecule has 1 aromatic heterocycles. The Labute approximate surface area is 144 Å². The van der Waals surface area contributed by atoms with Gasteiger partial charge in [0.2, 0.25) is 0 Å².